The molecule has 0 fully saturated rings. The van der Waals surface area contributed by atoms with Gasteiger partial charge >= 0.3 is 0 Å². The van der Waals surface area contributed by atoms with Gasteiger partial charge in [0, 0.05) is 0 Å². The largest absolute Gasteiger partial charge is 0.394 e. The molecular formula is C2H7O4P. The molecule has 0 spiro atoms. The van der Waals surface area contributed by atoms with Gasteiger partial charge < -0.3 is 5.11 Å². The van der Waals surface area contributed by atoms with Crippen LogP contribution >= 0.6 is 9.12 Å². The van der Waals surface area contributed by atoms with Gasteiger partial charge in [0.15, 0.2) is 0 Å². The summed E-state index contributed by atoms with van der Waals surface area (Å²) in [5, 5.41) is 15.2. The number of rotatable bonds is 2. The molecule has 0 radical (unpaired) electrons. The quantitative estimate of drug-likeness (QED) is 0.309. The summed E-state index contributed by atoms with van der Waals surface area (Å²) in [6.45, 7) is -0.128. The normalized spacial score (nSPS) is 6.57. The fourth-order valence-electron chi connectivity index (χ4n) is 0.0408. The van der Waals surface area contributed by atoms with E-state index in [1.165, 1.54) is 0 Å². The van der Waals surface area contributed by atoms with Crippen LogP contribution in [0.1, 0.15) is 0 Å². The van der Waals surface area contributed by atoms with Crippen LogP contribution in [0.4, 0.5) is 0 Å². The third-order valence-corrected chi connectivity index (χ3v) is 0.183. The highest BCUT2D eigenvalue weighted by Crippen LogP contribution is 1.55. The van der Waals surface area contributed by atoms with E-state index in [2.05, 4.69) is 4.89 Å². The van der Waals surface area contributed by atoms with Crippen molar-refractivity contribution in [2.24, 2.45) is 0 Å². The highest BCUT2D eigenvalue weighted by Gasteiger charge is 1.69. The standard InChI is InChI=1S/C2H6O3.HOP/c3-1-2-5-4;1-2/h3-4H,1-2H2;2H. The molecule has 0 atom stereocenters. The zero-order valence-electron chi connectivity index (χ0n) is 3.63. The maximum atomic E-state index is 8.06. The summed E-state index contributed by atoms with van der Waals surface area (Å²) in [6.07, 6.45) is 0. The lowest BCUT2D eigenvalue weighted by Gasteiger charge is -1.81. The van der Waals surface area contributed by atoms with E-state index in [4.69, 9.17) is 14.9 Å². The Balaban J connectivity index is 0. The molecule has 0 aliphatic carbocycles. The van der Waals surface area contributed by atoms with Gasteiger partial charge in [0.1, 0.15) is 15.7 Å². The molecule has 4 nitrogen and oxygen atoms in total. The van der Waals surface area contributed by atoms with Gasteiger partial charge in [-0.15, -0.1) is 0 Å². The monoisotopic (exact) mass is 126 g/mol. The van der Waals surface area contributed by atoms with Crippen molar-refractivity contribution < 1.29 is 19.8 Å². The molecule has 7 heavy (non-hydrogen) atoms. The van der Waals surface area contributed by atoms with Gasteiger partial charge in [-0.2, -0.15) is 0 Å². The van der Waals surface area contributed by atoms with E-state index in [9.17, 15) is 0 Å². The molecule has 0 bridgehead atoms. The summed E-state index contributed by atoms with van der Waals surface area (Å²) in [4.78, 5) is 3.44. The summed E-state index contributed by atoms with van der Waals surface area (Å²) in [5.41, 5.74) is 0. The molecule has 0 saturated heterocycles. The second-order valence-corrected chi connectivity index (χ2v) is 0.557. The average Bonchev–Trinajstić information content (AvgIpc) is 1.75. The van der Waals surface area contributed by atoms with Crippen molar-refractivity contribution in [3.63, 3.8) is 0 Å². The third kappa shape index (κ3) is 24.2. The maximum Gasteiger partial charge on any atom is 0.138 e. The van der Waals surface area contributed by atoms with Crippen LogP contribution in [0, 0.1) is 0 Å². The number of aliphatic hydroxyl groups is 1. The average molecular weight is 126 g/mol. The van der Waals surface area contributed by atoms with Gasteiger partial charge in [0.05, 0.1) is 6.61 Å². The van der Waals surface area contributed by atoms with Crippen molar-refractivity contribution in [1.82, 2.24) is 0 Å². The lowest BCUT2D eigenvalue weighted by molar-refractivity contribution is -0.246. The topological polar surface area (TPSA) is 66.8 Å². The van der Waals surface area contributed by atoms with E-state index in [-0.39, 0.29) is 13.2 Å². The minimum atomic E-state index is -0.128. The van der Waals surface area contributed by atoms with Gasteiger partial charge in [-0.05, 0) is 0 Å². The fraction of sp³-hybridized carbons (Fsp3) is 1.00. The lowest BCUT2D eigenvalue weighted by Crippen LogP contribution is -1.92. The predicted octanol–water partition coefficient (Wildman–Crippen LogP) is -0.0570. The minimum Gasteiger partial charge on any atom is -0.394 e. The Morgan fingerprint density at radius 1 is 1.57 bits per heavy atom. The number of hydrogen-bond donors (Lipinski definition) is 2. The van der Waals surface area contributed by atoms with E-state index in [1.54, 1.807) is 9.12 Å². The van der Waals surface area contributed by atoms with Crippen molar-refractivity contribution in [3.05, 3.63) is 0 Å². The van der Waals surface area contributed by atoms with Crippen molar-refractivity contribution in [2.75, 3.05) is 13.2 Å². The van der Waals surface area contributed by atoms with Crippen molar-refractivity contribution in [1.29, 1.82) is 0 Å². The molecule has 0 amide bonds. The zero-order valence-corrected chi connectivity index (χ0v) is 4.63. The lowest BCUT2D eigenvalue weighted by atomic mass is 10.8. The Morgan fingerprint density at radius 2 is 2.00 bits per heavy atom. The van der Waals surface area contributed by atoms with Gasteiger partial charge in [0.2, 0.25) is 0 Å². The highest BCUT2D eigenvalue weighted by atomic mass is 31.0. The third-order valence-electron chi connectivity index (χ3n) is 0.183. The van der Waals surface area contributed by atoms with Crippen LogP contribution in [0.25, 0.3) is 0 Å². The first-order chi connectivity index (χ1) is 3.41. The molecule has 0 aromatic rings. The Bertz CT molecular complexity index is 23.7. The SMILES string of the molecule is O=P.OCCOO. The number of hydrogen-bond acceptors (Lipinski definition) is 4. The molecule has 44 valence electrons. The minimum absolute atomic E-state index is 0. The first-order valence-electron chi connectivity index (χ1n) is 1.49. The van der Waals surface area contributed by atoms with Gasteiger partial charge in [0.25, 0.3) is 0 Å². The van der Waals surface area contributed by atoms with Crippen LogP contribution < -0.4 is 0 Å². The van der Waals surface area contributed by atoms with E-state index in [0.29, 0.717) is 0 Å². The first kappa shape index (κ1) is 10.1. The maximum absolute atomic E-state index is 8.06. The summed E-state index contributed by atoms with van der Waals surface area (Å²) in [6, 6.07) is 0. The van der Waals surface area contributed by atoms with Crippen LogP contribution in [0.5, 0.6) is 0 Å². The van der Waals surface area contributed by atoms with E-state index in [0.717, 1.165) is 0 Å². The molecule has 0 heterocycles. The molecule has 0 aromatic carbocycles. The summed E-state index contributed by atoms with van der Waals surface area (Å²) < 4.78 is 8.06. The Kier molecular flexibility index (Phi) is 24.0. The van der Waals surface area contributed by atoms with Crippen LogP contribution in [0.15, 0.2) is 0 Å². The Morgan fingerprint density at radius 3 is 2.00 bits per heavy atom. The summed E-state index contributed by atoms with van der Waals surface area (Å²) in [5.74, 6) is 0. The van der Waals surface area contributed by atoms with E-state index in [1.807, 2.05) is 0 Å². The zero-order chi connectivity index (χ0) is 6.12. The predicted molar refractivity (Wildman–Crippen MR) is 24.7 cm³/mol. The Hall–Kier alpha value is -0.0200. The summed E-state index contributed by atoms with van der Waals surface area (Å²) >= 11 is 0. The van der Waals surface area contributed by atoms with Crippen LogP contribution in [-0.2, 0) is 9.45 Å². The van der Waals surface area contributed by atoms with Gasteiger partial charge in [-0.1, -0.05) is 0 Å². The van der Waals surface area contributed by atoms with Crippen molar-refractivity contribution >= 4 is 9.12 Å². The molecular weight excluding hydrogens is 119 g/mol. The molecule has 0 unspecified atom stereocenters. The van der Waals surface area contributed by atoms with Crippen LogP contribution in [0.2, 0.25) is 0 Å². The first-order valence-corrected chi connectivity index (χ1v) is 1.90. The van der Waals surface area contributed by atoms with Crippen LogP contribution in [0.3, 0.4) is 0 Å². The number of aliphatic hydroxyl groups excluding tert-OH is 1. The Labute approximate surface area is 43.3 Å². The molecule has 0 aromatic heterocycles. The molecule has 0 aliphatic rings. The van der Waals surface area contributed by atoms with Gasteiger partial charge in [-0.3, -0.25) is 9.82 Å². The fourth-order valence-corrected chi connectivity index (χ4v) is 0.0408. The van der Waals surface area contributed by atoms with Crippen molar-refractivity contribution in [2.45, 2.75) is 0 Å². The second-order valence-electron chi connectivity index (χ2n) is 0.557. The van der Waals surface area contributed by atoms with Crippen molar-refractivity contribution in [3.8, 4) is 0 Å². The van der Waals surface area contributed by atoms with E-state index < -0.39 is 0 Å². The molecule has 5 heteroatoms. The molecule has 0 saturated carbocycles. The summed E-state index contributed by atoms with van der Waals surface area (Å²) in [7, 11) is 1.72. The smallest absolute Gasteiger partial charge is 0.138 e. The van der Waals surface area contributed by atoms with E-state index >= 15 is 0 Å². The van der Waals surface area contributed by atoms with Crippen LogP contribution in [-0.4, -0.2) is 23.6 Å². The molecule has 0 aliphatic heterocycles. The second kappa shape index (κ2) is 16.7. The molecule has 2 N–H and O–H groups in total. The van der Waals surface area contributed by atoms with Gasteiger partial charge in [-0.25, -0.2) is 4.89 Å². The highest BCUT2D eigenvalue weighted by molar-refractivity contribution is 7.00. The molecule has 0 rings (SSSR count).